The van der Waals surface area contributed by atoms with E-state index in [9.17, 15) is 21.6 Å². The van der Waals surface area contributed by atoms with E-state index in [1.165, 1.54) is 0 Å². The number of nitrogens with one attached hydrogen (secondary N) is 1. The number of halogens is 3. The van der Waals surface area contributed by atoms with Crippen LogP contribution >= 0.6 is 0 Å². The maximum absolute atomic E-state index is 12.3. The minimum atomic E-state index is -5.73. The summed E-state index contributed by atoms with van der Waals surface area (Å²) in [5.74, 6) is -0.525. The third kappa shape index (κ3) is 3.94. The minimum Gasteiger partial charge on any atom is -0.355 e. The zero-order valence-corrected chi connectivity index (χ0v) is 11.6. The van der Waals surface area contributed by atoms with E-state index < -0.39 is 21.5 Å². The lowest BCUT2D eigenvalue weighted by atomic mass is 10.4. The summed E-state index contributed by atoms with van der Waals surface area (Å²) in [6.07, 6.45) is 1.97. The normalized spacial score (nSPS) is 17.4. The monoisotopic (exact) mass is 326 g/mol. The van der Waals surface area contributed by atoms with Crippen LogP contribution in [0.15, 0.2) is 12.3 Å². The third-order valence-electron chi connectivity index (χ3n) is 2.72. The van der Waals surface area contributed by atoms with Crippen molar-refractivity contribution in [1.82, 2.24) is 15.3 Å². The van der Waals surface area contributed by atoms with E-state index in [1.807, 2.05) is 0 Å². The summed E-state index contributed by atoms with van der Waals surface area (Å²) in [5.41, 5.74) is -5.50. The van der Waals surface area contributed by atoms with Crippen LogP contribution in [-0.4, -0.2) is 50.1 Å². The van der Waals surface area contributed by atoms with Gasteiger partial charge in [0.15, 0.2) is 0 Å². The Kier molecular flexibility index (Phi) is 4.52. The van der Waals surface area contributed by atoms with E-state index in [1.54, 1.807) is 4.90 Å². The molecule has 0 unspecified atom stereocenters. The summed E-state index contributed by atoms with van der Waals surface area (Å²) < 4.78 is 62.6. The molecule has 1 N–H and O–H groups in total. The summed E-state index contributed by atoms with van der Waals surface area (Å²) in [7, 11) is -5.73. The minimum absolute atomic E-state index is 0.133. The lowest BCUT2D eigenvalue weighted by Gasteiger charge is -2.19. The summed E-state index contributed by atoms with van der Waals surface area (Å²) in [6, 6.07) is 0.961. The first-order valence-corrected chi connectivity index (χ1v) is 7.50. The van der Waals surface area contributed by atoms with Crippen molar-refractivity contribution in [2.45, 2.75) is 11.9 Å². The SMILES string of the molecule is O=S(=O)(Oc1ccnc(N2CCCNCC2)n1)C(F)(F)F. The van der Waals surface area contributed by atoms with E-state index in [0.29, 0.717) is 19.6 Å². The summed E-state index contributed by atoms with van der Waals surface area (Å²) >= 11 is 0. The molecule has 1 fully saturated rings. The van der Waals surface area contributed by atoms with Gasteiger partial charge in [-0.3, -0.25) is 0 Å². The molecule has 1 aromatic rings. The average molecular weight is 326 g/mol. The Morgan fingerprint density at radius 3 is 2.76 bits per heavy atom. The molecular formula is C10H13F3N4O3S. The van der Waals surface area contributed by atoms with Gasteiger partial charge in [0.1, 0.15) is 0 Å². The number of alkyl halides is 3. The van der Waals surface area contributed by atoms with Gasteiger partial charge in [-0.1, -0.05) is 0 Å². The number of aromatic nitrogens is 2. The molecular weight excluding hydrogens is 313 g/mol. The highest BCUT2D eigenvalue weighted by atomic mass is 32.2. The van der Waals surface area contributed by atoms with Crippen LogP contribution in [0.25, 0.3) is 0 Å². The lowest BCUT2D eigenvalue weighted by Crippen LogP contribution is -2.30. The second-order valence-corrected chi connectivity index (χ2v) is 5.81. The van der Waals surface area contributed by atoms with Gasteiger partial charge >= 0.3 is 15.6 Å². The fourth-order valence-corrected chi connectivity index (χ4v) is 2.15. The van der Waals surface area contributed by atoms with Crippen LogP contribution in [0.2, 0.25) is 0 Å². The average Bonchev–Trinajstić information content (AvgIpc) is 2.66. The molecule has 0 aromatic carbocycles. The fourth-order valence-electron chi connectivity index (χ4n) is 1.74. The number of hydrogen-bond donors (Lipinski definition) is 1. The molecule has 1 aliphatic heterocycles. The molecule has 0 radical (unpaired) electrons. The maximum atomic E-state index is 12.3. The van der Waals surface area contributed by atoms with Crippen molar-refractivity contribution in [2.24, 2.45) is 0 Å². The summed E-state index contributed by atoms with van der Waals surface area (Å²) in [6.45, 7) is 2.67. The fraction of sp³-hybridized carbons (Fsp3) is 0.600. The molecule has 0 aliphatic carbocycles. The van der Waals surface area contributed by atoms with Gasteiger partial charge in [-0.25, -0.2) is 4.98 Å². The molecule has 0 atom stereocenters. The number of nitrogens with zero attached hydrogens (tertiary/aromatic N) is 3. The summed E-state index contributed by atoms with van der Waals surface area (Å²) in [5, 5.41) is 3.15. The molecule has 21 heavy (non-hydrogen) atoms. The van der Waals surface area contributed by atoms with Gasteiger partial charge in [-0.2, -0.15) is 26.6 Å². The van der Waals surface area contributed by atoms with Gasteiger partial charge in [0, 0.05) is 31.9 Å². The Morgan fingerprint density at radius 1 is 1.29 bits per heavy atom. The molecule has 0 saturated carbocycles. The first kappa shape index (κ1) is 15.8. The number of hydrogen-bond acceptors (Lipinski definition) is 7. The Balaban J connectivity index is 2.18. The quantitative estimate of drug-likeness (QED) is 0.640. The van der Waals surface area contributed by atoms with Gasteiger partial charge in [-0.05, 0) is 13.0 Å². The smallest absolute Gasteiger partial charge is 0.355 e. The van der Waals surface area contributed by atoms with Crippen LogP contribution in [0.5, 0.6) is 5.88 Å². The molecule has 1 aliphatic rings. The molecule has 118 valence electrons. The molecule has 0 amide bonds. The standard InChI is InChI=1S/C10H13F3N4O3S/c11-10(12,13)21(18,19)20-8-2-4-15-9(16-8)17-6-1-3-14-5-7-17/h2,4,14H,1,3,5-7H2. The Labute approximate surface area is 119 Å². The molecule has 0 bridgehead atoms. The van der Waals surface area contributed by atoms with Gasteiger partial charge in [0.25, 0.3) is 0 Å². The van der Waals surface area contributed by atoms with E-state index in [4.69, 9.17) is 0 Å². The van der Waals surface area contributed by atoms with Crippen LogP contribution in [0.4, 0.5) is 19.1 Å². The molecule has 7 nitrogen and oxygen atoms in total. The van der Waals surface area contributed by atoms with Crippen molar-refractivity contribution in [3.05, 3.63) is 12.3 Å². The second kappa shape index (κ2) is 6.02. The maximum Gasteiger partial charge on any atom is 0.534 e. The van der Waals surface area contributed by atoms with Crippen molar-refractivity contribution in [3.63, 3.8) is 0 Å². The van der Waals surface area contributed by atoms with Crippen molar-refractivity contribution < 1.29 is 25.8 Å². The second-order valence-electron chi connectivity index (χ2n) is 4.27. The van der Waals surface area contributed by atoms with Crippen LogP contribution in [0.3, 0.4) is 0 Å². The highest BCUT2D eigenvalue weighted by Crippen LogP contribution is 2.26. The van der Waals surface area contributed by atoms with Crippen LogP contribution < -0.4 is 14.4 Å². The van der Waals surface area contributed by atoms with Gasteiger partial charge in [0.05, 0.1) is 0 Å². The zero-order valence-electron chi connectivity index (χ0n) is 10.8. The van der Waals surface area contributed by atoms with E-state index in [2.05, 4.69) is 19.5 Å². The zero-order chi connectivity index (χ0) is 15.5. The van der Waals surface area contributed by atoms with Crippen LogP contribution in [0, 0.1) is 0 Å². The Hall–Kier alpha value is -1.62. The Bertz CT molecular complexity index is 585. The van der Waals surface area contributed by atoms with Crippen LogP contribution in [0.1, 0.15) is 6.42 Å². The number of rotatable bonds is 3. The predicted octanol–water partition coefficient (Wildman–Crippen LogP) is 0.505. The van der Waals surface area contributed by atoms with Gasteiger partial charge < -0.3 is 14.4 Å². The van der Waals surface area contributed by atoms with Crippen molar-refractivity contribution in [3.8, 4) is 5.88 Å². The topological polar surface area (TPSA) is 84.4 Å². The largest absolute Gasteiger partial charge is 0.534 e. The molecule has 2 rings (SSSR count). The molecule has 11 heteroatoms. The van der Waals surface area contributed by atoms with Gasteiger partial charge in [-0.15, -0.1) is 0 Å². The first-order valence-electron chi connectivity index (χ1n) is 6.09. The van der Waals surface area contributed by atoms with Gasteiger partial charge in [0.2, 0.25) is 11.8 Å². The lowest BCUT2D eigenvalue weighted by molar-refractivity contribution is -0.0501. The van der Waals surface area contributed by atoms with E-state index in [0.717, 1.165) is 25.2 Å². The van der Waals surface area contributed by atoms with Crippen molar-refractivity contribution in [2.75, 3.05) is 31.1 Å². The third-order valence-corrected chi connectivity index (χ3v) is 3.68. The van der Waals surface area contributed by atoms with Crippen LogP contribution in [-0.2, 0) is 10.1 Å². The van der Waals surface area contributed by atoms with E-state index in [-0.39, 0.29) is 5.95 Å². The summed E-state index contributed by atoms with van der Waals surface area (Å²) in [4.78, 5) is 9.39. The number of anilines is 1. The molecule has 2 heterocycles. The van der Waals surface area contributed by atoms with E-state index >= 15 is 0 Å². The van der Waals surface area contributed by atoms with Crippen molar-refractivity contribution >= 4 is 16.1 Å². The Morgan fingerprint density at radius 2 is 2.05 bits per heavy atom. The predicted molar refractivity (Wildman–Crippen MR) is 67.3 cm³/mol. The highest BCUT2D eigenvalue weighted by molar-refractivity contribution is 7.87. The molecule has 1 aromatic heterocycles. The van der Waals surface area contributed by atoms with Crippen molar-refractivity contribution in [1.29, 1.82) is 0 Å². The first-order chi connectivity index (χ1) is 9.79. The molecule has 0 spiro atoms. The molecule has 1 saturated heterocycles. The highest BCUT2D eigenvalue weighted by Gasteiger charge is 2.48.